The van der Waals surface area contributed by atoms with Gasteiger partial charge in [0.15, 0.2) is 5.65 Å². The van der Waals surface area contributed by atoms with Crippen LogP contribution in [0.15, 0.2) is 11.4 Å². The number of H-pyrrole nitrogens is 1. The molecule has 0 aromatic carbocycles. The van der Waals surface area contributed by atoms with Crippen molar-refractivity contribution in [2.24, 2.45) is 0 Å². The highest BCUT2D eigenvalue weighted by Gasteiger charge is 2.10. The fraction of sp³-hybridized carbons (Fsp3) is 0.500. The van der Waals surface area contributed by atoms with E-state index in [0.717, 1.165) is 22.7 Å². The number of carbonyl (C=O) groups is 3. The summed E-state index contributed by atoms with van der Waals surface area (Å²) in [6.45, 7) is 1.54. The lowest BCUT2D eigenvalue weighted by atomic mass is 10.2. The number of fused-ring (bicyclic) bond motifs is 1. The molecule has 0 radical (unpaired) electrons. The number of nitrogen functional groups attached to an aromatic ring is 1. The maximum absolute atomic E-state index is 11.8. The fourth-order valence-corrected chi connectivity index (χ4v) is 3.19. The van der Waals surface area contributed by atoms with E-state index in [0.29, 0.717) is 18.5 Å². The van der Waals surface area contributed by atoms with Crippen LogP contribution in [-0.4, -0.2) is 63.2 Å². The minimum absolute atomic E-state index is 0.169. The van der Waals surface area contributed by atoms with E-state index in [4.69, 9.17) is 5.73 Å². The lowest BCUT2D eigenvalue weighted by Gasteiger charge is -2.07. The van der Waals surface area contributed by atoms with Gasteiger partial charge in [-0.25, -0.2) is 9.97 Å². The number of imidazole rings is 1. The molecule has 0 saturated carbocycles. The first kappa shape index (κ1) is 21.4. The summed E-state index contributed by atoms with van der Waals surface area (Å²) < 4.78 is 4.69. The average Bonchev–Trinajstić information content (AvgIpc) is 3.13. The van der Waals surface area contributed by atoms with Crippen LogP contribution < -0.4 is 16.4 Å². The number of esters is 1. The number of aromatic amines is 1. The van der Waals surface area contributed by atoms with E-state index >= 15 is 0 Å². The van der Waals surface area contributed by atoms with Crippen molar-refractivity contribution in [2.75, 3.05) is 31.2 Å². The van der Waals surface area contributed by atoms with Crippen LogP contribution >= 0.6 is 11.8 Å². The Labute approximate surface area is 165 Å². The predicted molar refractivity (Wildman–Crippen MR) is 103 cm³/mol. The molecule has 2 aromatic rings. The van der Waals surface area contributed by atoms with E-state index in [1.54, 1.807) is 6.92 Å². The molecule has 0 saturated heterocycles. The van der Waals surface area contributed by atoms with Crippen LogP contribution in [0.5, 0.6) is 0 Å². The number of aromatic nitrogens is 4. The molecule has 0 bridgehead atoms. The lowest BCUT2D eigenvalue weighted by molar-refractivity contribution is -0.143. The van der Waals surface area contributed by atoms with Gasteiger partial charge in [-0.05, 0) is 25.5 Å². The Morgan fingerprint density at radius 3 is 2.75 bits per heavy atom. The number of thioether (sulfide) groups is 1. The van der Waals surface area contributed by atoms with Crippen molar-refractivity contribution in [1.29, 1.82) is 0 Å². The molecule has 2 rings (SSSR count). The summed E-state index contributed by atoms with van der Waals surface area (Å²) in [6, 6.07) is 0. The quantitative estimate of drug-likeness (QED) is 0.173. The topological polar surface area (TPSA) is 165 Å². The number of nitrogens with two attached hydrogens (primary N) is 1. The van der Waals surface area contributed by atoms with Crippen LogP contribution in [0.3, 0.4) is 0 Å². The fourth-order valence-electron chi connectivity index (χ4n) is 2.20. The molecule has 0 aliphatic carbocycles. The molecule has 5 N–H and O–H groups in total. The van der Waals surface area contributed by atoms with Gasteiger partial charge in [-0.1, -0.05) is 0 Å². The number of ether oxygens (including phenoxy) is 1. The highest BCUT2D eigenvalue weighted by Crippen LogP contribution is 2.24. The number of unbranched alkanes of at least 4 members (excludes halogenated alkanes) is 1. The number of nitrogens with zero attached hydrogens (tertiary/aromatic N) is 3. The molecular formula is C16H23N7O4S. The number of amides is 2. The zero-order chi connectivity index (χ0) is 20.4. The molecule has 0 fully saturated rings. The van der Waals surface area contributed by atoms with E-state index in [1.807, 2.05) is 0 Å². The van der Waals surface area contributed by atoms with Crippen molar-refractivity contribution in [2.45, 2.75) is 31.2 Å². The molecule has 28 heavy (non-hydrogen) atoms. The van der Waals surface area contributed by atoms with Gasteiger partial charge in [0.25, 0.3) is 0 Å². The van der Waals surface area contributed by atoms with Crippen molar-refractivity contribution in [1.82, 2.24) is 30.6 Å². The second-order valence-electron chi connectivity index (χ2n) is 5.65. The Kier molecular flexibility index (Phi) is 8.46. The van der Waals surface area contributed by atoms with Gasteiger partial charge in [-0.3, -0.25) is 14.4 Å². The van der Waals surface area contributed by atoms with Crippen LogP contribution in [0.4, 0.5) is 5.95 Å². The maximum atomic E-state index is 11.8. The van der Waals surface area contributed by atoms with E-state index < -0.39 is 11.9 Å². The highest BCUT2D eigenvalue weighted by molar-refractivity contribution is 7.99. The van der Waals surface area contributed by atoms with E-state index in [-0.39, 0.29) is 31.6 Å². The van der Waals surface area contributed by atoms with Crippen molar-refractivity contribution in [3.05, 3.63) is 6.33 Å². The summed E-state index contributed by atoms with van der Waals surface area (Å²) >= 11 is 1.51. The number of hydrogen-bond donors (Lipinski definition) is 4. The Bertz CT molecular complexity index is 826. The van der Waals surface area contributed by atoms with Crippen molar-refractivity contribution in [3.8, 4) is 0 Å². The van der Waals surface area contributed by atoms with Gasteiger partial charge in [0.1, 0.15) is 17.1 Å². The van der Waals surface area contributed by atoms with Crippen molar-refractivity contribution >= 4 is 46.7 Å². The first-order valence-corrected chi connectivity index (χ1v) is 9.76. The summed E-state index contributed by atoms with van der Waals surface area (Å²) in [6.07, 6.45) is 3.29. The molecule has 0 unspecified atom stereocenters. The summed E-state index contributed by atoms with van der Waals surface area (Å²) in [5.41, 5.74) is 6.93. The van der Waals surface area contributed by atoms with Crippen LogP contribution in [0.2, 0.25) is 0 Å². The summed E-state index contributed by atoms with van der Waals surface area (Å²) in [7, 11) is 0. The summed E-state index contributed by atoms with van der Waals surface area (Å²) in [5, 5.41) is 5.61. The monoisotopic (exact) mass is 409 g/mol. The van der Waals surface area contributed by atoms with Gasteiger partial charge < -0.3 is 26.1 Å². The molecule has 0 aliphatic heterocycles. The Morgan fingerprint density at radius 1 is 1.18 bits per heavy atom. The van der Waals surface area contributed by atoms with Gasteiger partial charge in [-0.2, -0.15) is 4.98 Å². The van der Waals surface area contributed by atoms with E-state index in [1.165, 1.54) is 18.1 Å². The van der Waals surface area contributed by atoms with Gasteiger partial charge in [-0.15, -0.1) is 11.8 Å². The SMILES string of the molecule is CCOC(=O)CNC(=O)CNC(=O)CCCCSc1nc(N)nc2nc[nH]c12. The van der Waals surface area contributed by atoms with Gasteiger partial charge in [0.05, 0.1) is 19.5 Å². The third-order valence-corrected chi connectivity index (χ3v) is 4.55. The largest absolute Gasteiger partial charge is 0.465 e. The number of hydrogen-bond acceptors (Lipinski definition) is 9. The van der Waals surface area contributed by atoms with Gasteiger partial charge in [0, 0.05) is 6.42 Å². The Morgan fingerprint density at radius 2 is 1.96 bits per heavy atom. The summed E-state index contributed by atoms with van der Waals surface area (Å²) in [4.78, 5) is 49.7. The average molecular weight is 409 g/mol. The lowest BCUT2D eigenvalue weighted by Crippen LogP contribution is -2.39. The smallest absolute Gasteiger partial charge is 0.325 e. The predicted octanol–water partition coefficient (Wildman–Crippen LogP) is -0.00700. The molecule has 2 aromatic heterocycles. The first-order chi connectivity index (χ1) is 13.5. The second kappa shape index (κ2) is 11.1. The molecule has 0 aliphatic rings. The standard InChI is InChI=1S/C16H23N7O4S/c1-2-27-12(26)8-19-11(25)7-18-10(24)5-3-4-6-28-15-13-14(21-9-20-13)22-16(17)23-15/h9H,2-8H2,1H3,(H,18,24)(H,19,25)(H3,17,20,21,22,23). The second-order valence-corrected chi connectivity index (χ2v) is 6.74. The zero-order valence-electron chi connectivity index (χ0n) is 15.5. The summed E-state index contributed by atoms with van der Waals surface area (Å²) in [5.74, 6) is -0.265. The molecule has 0 atom stereocenters. The number of rotatable bonds is 11. The molecular weight excluding hydrogens is 386 g/mol. The highest BCUT2D eigenvalue weighted by atomic mass is 32.2. The van der Waals surface area contributed by atoms with Gasteiger partial charge >= 0.3 is 5.97 Å². The molecule has 152 valence electrons. The molecule has 2 amide bonds. The Balaban J connectivity index is 1.59. The van der Waals surface area contributed by atoms with Crippen LogP contribution in [-0.2, 0) is 19.1 Å². The van der Waals surface area contributed by atoms with Gasteiger partial charge in [0.2, 0.25) is 17.8 Å². The third-order valence-electron chi connectivity index (χ3n) is 3.49. The number of nitrogens with one attached hydrogen (secondary N) is 3. The van der Waals surface area contributed by atoms with Crippen LogP contribution in [0.1, 0.15) is 26.2 Å². The zero-order valence-corrected chi connectivity index (χ0v) is 16.3. The maximum Gasteiger partial charge on any atom is 0.325 e. The molecule has 2 heterocycles. The van der Waals surface area contributed by atoms with Crippen LogP contribution in [0.25, 0.3) is 11.2 Å². The first-order valence-electron chi connectivity index (χ1n) is 8.78. The Hall–Kier alpha value is -2.89. The molecule has 11 nitrogen and oxygen atoms in total. The molecule has 0 spiro atoms. The number of carbonyl (C=O) groups excluding carboxylic acids is 3. The van der Waals surface area contributed by atoms with Crippen LogP contribution in [0, 0.1) is 0 Å². The van der Waals surface area contributed by atoms with E-state index in [9.17, 15) is 14.4 Å². The normalized spacial score (nSPS) is 10.6. The third kappa shape index (κ3) is 7.02. The minimum Gasteiger partial charge on any atom is -0.465 e. The van der Waals surface area contributed by atoms with E-state index in [2.05, 4.69) is 35.3 Å². The van der Waals surface area contributed by atoms with Crippen molar-refractivity contribution < 1.29 is 19.1 Å². The molecule has 12 heteroatoms. The van der Waals surface area contributed by atoms with Crippen molar-refractivity contribution in [3.63, 3.8) is 0 Å². The number of anilines is 1. The minimum atomic E-state index is -0.516.